The van der Waals surface area contributed by atoms with E-state index < -0.39 is 0 Å². The number of nitrogens with zero attached hydrogens (tertiary/aromatic N) is 1. The van der Waals surface area contributed by atoms with Gasteiger partial charge in [0.1, 0.15) is 0 Å². The Bertz CT molecular complexity index is 260. The van der Waals surface area contributed by atoms with Gasteiger partial charge in [-0.25, -0.2) is 9.68 Å². The molecule has 0 heterocycles. The maximum absolute atomic E-state index is 11.8. The molecule has 0 aromatic carbocycles. The highest BCUT2D eigenvalue weighted by Crippen LogP contribution is 2.44. The predicted octanol–water partition coefficient (Wildman–Crippen LogP) is 1.15. The number of carbonyl (C=O) groups is 1. The molecule has 2 aliphatic rings. The Hall–Kier alpha value is -0.870. The quantitative estimate of drug-likeness (QED) is 0.503. The average Bonchev–Trinajstić information content (AvgIpc) is 2.80. The second-order valence-electron chi connectivity index (χ2n) is 3.85. The fourth-order valence-electron chi connectivity index (χ4n) is 2.45. The van der Waals surface area contributed by atoms with Crippen LogP contribution in [-0.4, -0.2) is 25.4 Å². The lowest BCUT2D eigenvalue weighted by Crippen LogP contribution is -2.36. The average molecular weight is 197 g/mol. The maximum Gasteiger partial charge on any atom is 0.277 e. The summed E-state index contributed by atoms with van der Waals surface area (Å²) in [5.41, 5.74) is 0. The highest BCUT2D eigenvalue weighted by atomic mass is 16.9. The molecule has 1 fully saturated rings. The summed E-state index contributed by atoms with van der Waals surface area (Å²) in [6.45, 7) is 0. The Morgan fingerprint density at radius 3 is 2.43 bits per heavy atom. The minimum atomic E-state index is -0.0631. The summed E-state index contributed by atoms with van der Waals surface area (Å²) in [4.78, 5) is 21.5. The number of fused-ring (bicyclic) bond motifs is 2. The van der Waals surface area contributed by atoms with Crippen LogP contribution in [0.5, 0.6) is 0 Å². The monoisotopic (exact) mass is 197 g/mol. The number of carbonyl (C=O) groups excluding carboxylic acids is 1. The van der Waals surface area contributed by atoms with E-state index in [9.17, 15) is 4.79 Å². The molecule has 2 bridgehead atoms. The van der Waals surface area contributed by atoms with Crippen LogP contribution in [0.15, 0.2) is 12.2 Å². The van der Waals surface area contributed by atoms with Gasteiger partial charge < -0.3 is 0 Å². The molecular weight excluding hydrogens is 182 g/mol. The lowest BCUT2D eigenvalue weighted by Gasteiger charge is -2.23. The van der Waals surface area contributed by atoms with Crippen LogP contribution in [0, 0.1) is 17.8 Å². The molecule has 2 rings (SSSR count). The van der Waals surface area contributed by atoms with Gasteiger partial charge in [-0.3, -0.25) is 4.79 Å². The molecule has 0 radical (unpaired) electrons. The molecule has 4 nitrogen and oxygen atoms in total. The smallest absolute Gasteiger partial charge is 0.270 e. The minimum absolute atomic E-state index is 0.0462. The molecule has 0 aliphatic heterocycles. The highest BCUT2D eigenvalue weighted by Gasteiger charge is 2.42. The number of amides is 1. The van der Waals surface area contributed by atoms with Crippen molar-refractivity contribution >= 4 is 5.91 Å². The van der Waals surface area contributed by atoms with Gasteiger partial charge in [-0.2, -0.15) is 0 Å². The van der Waals surface area contributed by atoms with Gasteiger partial charge in [-0.1, -0.05) is 17.4 Å². The zero-order chi connectivity index (χ0) is 10.1. The molecule has 0 aromatic rings. The molecule has 2 aliphatic carbocycles. The van der Waals surface area contributed by atoms with Crippen LogP contribution in [0.2, 0.25) is 0 Å². The van der Waals surface area contributed by atoms with E-state index in [1.165, 1.54) is 14.2 Å². The summed E-state index contributed by atoms with van der Waals surface area (Å²) in [7, 11) is 2.87. The van der Waals surface area contributed by atoms with E-state index in [0.717, 1.165) is 18.1 Å². The van der Waals surface area contributed by atoms with Gasteiger partial charge in [0.25, 0.3) is 5.91 Å². The van der Waals surface area contributed by atoms with Crippen molar-refractivity contribution in [1.29, 1.82) is 0 Å². The number of rotatable bonds is 3. The Morgan fingerprint density at radius 2 is 2.00 bits per heavy atom. The Morgan fingerprint density at radius 1 is 1.29 bits per heavy atom. The van der Waals surface area contributed by atoms with Gasteiger partial charge in [-0.15, -0.1) is 0 Å². The van der Waals surface area contributed by atoms with Crippen molar-refractivity contribution in [1.82, 2.24) is 5.23 Å². The lowest BCUT2D eigenvalue weighted by atomic mass is 9.93. The van der Waals surface area contributed by atoms with E-state index in [2.05, 4.69) is 12.2 Å². The van der Waals surface area contributed by atoms with E-state index in [1.54, 1.807) is 0 Å². The summed E-state index contributed by atoms with van der Waals surface area (Å²) < 4.78 is 0. The first-order valence-corrected chi connectivity index (χ1v) is 4.86. The molecule has 0 spiro atoms. The molecule has 1 saturated carbocycles. The largest absolute Gasteiger partial charge is 0.277 e. The van der Waals surface area contributed by atoms with Crippen molar-refractivity contribution in [2.75, 3.05) is 14.2 Å². The molecule has 14 heavy (non-hydrogen) atoms. The minimum Gasteiger partial charge on any atom is -0.270 e. The Kier molecular flexibility index (Phi) is 2.56. The number of hydrogen-bond acceptors (Lipinski definition) is 3. The molecule has 4 heteroatoms. The van der Waals surface area contributed by atoms with E-state index in [4.69, 9.17) is 9.68 Å². The summed E-state index contributed by atoms with van der Waals surface area (Å²) in [5, 5.41) is 0.971. The van der Waals surface area contributed by atoms with Gasteiger partial charge in [0.2, 0.25) is 0 Å². The maximum atomic E-state index is 11.8. The van der Waals surface area contributed by atoms with Crippen molar-refractivity contribution in [2.45, 2.75) is 12.8 Å². The molecule has 3 atom stereocenters. The summed E-state index contributed by atoms with van der Waals surface area (Å²) in [5.74, 6) is 0.960. The topological polar surface area (TPSA) is 38.8 Å². The summed E-state index contributed by atoms with van der Waals surface area (Å²) in [6.07, 6.45) is 6.39. The molecule has 3 unspecified atom stereocenters. The van der Waals surface area contributed by atoms with Crippen LogP contribution < -0.4 is 0 Å². The first kappa shape index (κ1) is 9.68. The number of hydroxylamine groups is 2. The van der Waals surface area contributed by atoms with E-state index in [-0.39, 0.29) is 11.8 Å². The predicted molar refractivity (Wildman–Crippen MR) is 49.7 cm³/mol. The van der Waals surface area contributed by atoms with Crippen LogP contribution in [0.3, 0.4) is 0 Å². The number of allylic oxidation sites excluding steroid dienone is 2. The van der Waals surface area contributed by atoms with Crippen LogP contribution >= 0.6 is 0 Å². The summed E-state index contributed by atoms with van der Waals surface area (Å²) >= 11 is 0. The molecule has 0 saturated heterocycles. The van der Waals surface area contributed by atoms with Crippen LogP contribution in [-0.2, 0) is 14.5 Å². The molecule has 0 N–H and O–H groups in total. The molecule has 78 valence electrons. The normalized spacial score (nSPS) is 33.7. The first-order valence-electron chi connectivity index (χ1n) is 4.86. The molecule has 0 aromatic heterocycles. The Balaban J connectivity index is 2.02. The molecule has 1 amide bonds. The highest BCUT2D eigenvalue weighted by molar-refractivity contribution is 5.78. The summed E-state index contributed by atoms with van der Waals surface area (Å²) in [6, 6.07) is 0. The van der Waals surface area contributed by atoms with Crippen LogP contribution in [0.1, 0.15) is 12.8 Å². The molecular formula is C10H15NO3. The van der Waals surface area contributed by atoms with Gasteiger partial charge >= 0.3 is 0 Å². The SMILES string of the molecule is CON(OC)C(=O)C1CC2C=CC1C2. The Labute approximate surface area is 83.4 Å². The number of hydrogen-bond donors (Lipinski definition) is 0. The van der Waals surface area contributed by atoms with Crippen molar-refractivity contribution in [2.24, 2.45) is 17.8 Å². The van der Waals surface area contributed by atoms with E-state index >= 15 is 0 Å². The first-order chi connectivity index (χ1) is 6.76. The fourth-order valence-corrected chi connectivity index (χ4v) is 2.45. The zero-order valence-corrected chi connectivity index (χ0v) is 8.47. The van der Waals surface area contributed by atoms with Gasteiger partial charge in [0, 0.05) is 5.92 Å². The third-order valence-corrected chi connectivity index (χ3v) is 3.11. The van der Waals surface area contributed by atoms with Crippen molar-refractivity contribution in [3.05, 3.63) is 12.2 Å². The standard InChI is InChI=1S/C10H15NO3/c1-13-11(14-2)10(12)9-6-7-3-4-8(9)5-7/h3-4,7-9H,5-6H2,1-2H3. The van der Waals surface area contributed by atoms with Gasteiger partial charge in [0.15, 0.2) is 0 Å². The zero-order valence-electron chi connectivity index (χ0n) is 8.47. The van der Waals surface area contributed by atoms with Crippen LogP contribution in [0.4, 0.5) is 0 Å². The lowest BCUT2D eigenvalue weighted by molar-refractivity contribution is -0.320. The van der Waals surface area contributed by atoms with Crippen molar-refractivity contribution in [3.63, 3.8) is 0 Å². The third kappa shape index (κ3) is 1.44. The second kappa shape index (κ2) is 3.71. The fraction of sp³-hybridized carbons (Fsp3) is 0.700. The van der Waals surface area contributed by atoms with Gasteiger partial charge in [-0.05, 0) is 24.7 Å². The van der Waals surface area contributed by atoms with Crippen molar-refractivity contribution < 1.29 is 14.5 Å². The van der Waals surface area contributed by atoms with Crippen molar-refractivity contribution in [3.8, 4) is 0 Å². The van der Waals surface area contributed by atoms with E-state index in [1.807, 2.05) is 0 Å². The third-order valence-electron chi connectivity index (χ3n) is 3.11. The van der Waals surface area contributed by atoms with Gasteiger partial charge in [0.05, 0.1) is 14.2 Å². The van der Waals surface area contributed by atoms with Crippen LogP contribution in [0.25, 0.3) is 0 Å². The van der Waals surface area contributed by atoms with E-state index in [0.29, 0.717) is 11.8 Å². The second-order valence-corrected chi connectivity index (χ2v) is 3.85.